The smallest absolute Gasteiger partial charge is 0.416 e. The maximum atomic E-state index is 13.6. The normalized spacial score (nSPS) is 17.1. The maximum Gasteiger partial charge on any atom is 0.416 e. The summed E-state index contributed by atoms with van der Waals surface area (Å²) >= 11 is 0. The summed E-state index contributed by atoms with van der Waals surface area (Å²) in [6.45, 7) is 9.36. The number of allylic oxidation sites excluding steroid dienone is 3. The van der Waals surface area contributed by atoms with Crippen LogP contribution in [0.25, 0.3) is 0 Å². The number of hydrogen-bond donors (Lipinski definition) is 0. The van der Waals surface area contributed by atoms with Gasteiger partial charge >= 0.3 is 6.18 Å². The quantitative estimate of drug-likeness (QED) is 0.381. The third-order valence-corrected chi connectivity index (χ3v) is 7.35. The Kier molecular flexibility index (Phi) is 6.86. The number of benzene rings is 2. The molecule has 162 valence electrons. The molecule has 2 aromatic rings. The topological polar surface area (TPSA) is 21.6 Å². The lowest BCUT2D eigenvalue weighted by Gasteiger charge is -2.24. The second-order valence-corrected chi connectivity index (χ2v) is 10.2. The summed E-state index contributed by atoms with van der Waals surface area (Å²) in [5, 5.41) is 2.86. The standard InChI is InChI=1S/C25H25F3NOP/c1-5-19(25(26,27)28)16-22(23-29-17-24(3,4)30-23)18(2)31(20-12-8-6-9-13-20)21-14-10-7-11-15-21/h5-16H,1,17H2,2-4H3/b19-16+,22-18-. The highest BCUT2D eigenvalue weighted by Gasteiger charge is 2.35. The molecule has 0 N–H and O–H groups in total. The zero-order valence-corrected chi connectivity index (χ0v) is 18.7. The van der Waals surface area contributed by atoms with Gasteiger partial charge in [-0.15, -0.1) is 0 Å². The first-order valence-electron chi connectivity index (χ1n) is 9.89. The van der Waals surface area contributed by atoms with E-state index in [-0.39, 0.29) is 5.90 Å². The van der Waals surface area contributed by atoms with Crippen molar-refractivity contribution in [3.63, 3.8) is 0 Å². The van der Waals surface area contributed by atoms with Gasteiger partial charge in [-0.25, -0.2) is 4.99 Å². The molecule has 0 amide bonds. The average Bonchev–Trinajstić information content (AvgIpc) is 3.09. The Hall–Kier alpha value is -2.65. The lowest BCUT2D eigenvalue weighted by atomic mass is 10.1. The van der Waals surface area contributed by atoms with Crippen LogP contribution in [0.15, 0.2) is 101 Å². The van der Waals surface area contributed by atoms with Gasteiger partial charge < -0.3 is 4.74 Å². The van der Waals surface area contributed by atoms with Gasteiger partial charge in [0.15, 0.2) is 0 Å². The highest BCUT2D eigenvalue weighted by molar-refractivity contribution is 7.76. The summed E-state index contributed by atoms with van der Waals surface area (Å²) in [7, 11) is -1.10. The van der Waals surface area contributed by atoms with Crippen molar-refractivity contribution in [1.82, 2.24) is 0 Å². The second-order valence-electron chi connectivity index (χ2n) is 7.79. The molecule has 0 spiro atoms. The summed E-state index contributed by atoms with van der Waals surface area (Å²) in [5.41, 5.74) is -1.03. The van der Waals surface area contributed by atoms with Crippen LogP contribution in [0.3, 0.4) is 0 Å². The first-order chi connectivity index (χ1) is 14.6. The second kappa shape index (κ2) is 9.23. The van der Waals surface area contributed by atoms with Gasteiger partial charge in [-0.05, 0) is 50.7 Å². The van der Waals surface area contributed by atoms with Crippen molar-refractivity contribution in [2.75, 3.05) is 6.54 Å². The maximum absolute atomic E-state index is 13.6. The van der Waals surface area contributed by atoms with Crippen LogP contribution in [-0.4, -0.2) is 24.2 Å². The van der Waals surface area contributed by atoms with Gasteiger partial charge in [0.2, 0.25) is 5.90 Å². The van der Waals surface area contributed by atoms with Crippen LogP contribution in [-0.2, 0) is 4.74 Å². The first-order valence-corrected chi connectivity index (χ1v) is 11.2. The van der Waals surface area contributed by atoms with Gasteiger partial charge in [-0.3, -0.25) is 0 Å². The third kappa shape index (κ3) is 5.54. The van der Waals surface area contributed by atoms with Crippen LogP contribution < -0.4 is 10.6 Å². The minimum Gasteiger partial charge on any atom is -0.469 e. The van der Waals surface area contributed by atoms with Crippen molar-refractivity contribution in [2.24, 2.45) is 4.99 Å². The van der Waals surface area contributed by atoms with Gasteiger partial charge in [0.25, 0.3) is 0 Å². The molecule has 0 radical (unpaired) electrons. The number of halogens is 3. The summed E-state index contributed by atoms with van der Waals surface area (Å²) in [5.74, 6) is 0.241. The van der Waals surface area contributed by atoms with Crippen molar-refractivity contribution in [1.29, 1.82) is 0 Å². The summed E-state index contributed by atoms with van der Waals surface area (Å²) < 4.78 is 46.7. The molecule has 0 aliphatic carbocycles. The van der Waals surface area contributed by atoms with Crippen molar-refractivity contribution >= 4 is 24.4 Å². The Morgan fingerprint density at radius 2 is 1.55 bits per heavy atom. The van der Waals surface area contributed by atoms with Crippen molar-refractivity contribution in [2.45, 2.75) is 32.5 Å². The van der Waals surface area contributed by atoms with E-state index in [9.17, 15) is 13.2 Å². The fourth-order valence-corrected chi connectivity index (χ4v) is 5.69. The molecule has 6 heteroatoms. The molecule has 2 aromatic carbocycles. The van der Waals surface area contributed by atoms with Crippen molar-refractivity contribution < 1.29 is 17.9 Å². The van der Waals surface area contributed by atoms with Crippen LogP contribution in [0.5, 0.6) is 0 Å². The molecule has 1 aliphatic rings. The first kappa shape index (κ1) is 23.0. The molecule has 31 heavy (non-hydrogen) atoms. The molecule has 1 aliphatic heterocycles. The molecular weight excluding hydrogens is 418 g/mol. The van der Waals surface area contributed by atoms with E-state index in [0.717, 1.165) is 28.1 Å². The van der Waals surface area contributed by atoms with Crippen molar-refractivity contribution in [3.8, 4) is 0 Å². The number of ether oxygens (including phenoxy) is 1. The van der Waals surface area contributed by atoms with Crippen LogP contribution >= 0.6 is 7.92 Å². The Balaban J connectivity index is 2.25. The lowest BCUT2D eigenvalue weighted by molar-refractivity contribution is -0.0881. The van der Waals surface area contributed by atoms with Gasteiger partial charge in [0.05, 0.1) is 12.1 Å². The summed E-state index contributed by atoms with van der Waals surface area (Å²) in [6, 6.07) is 19.6. The number of alkyl halides is 3. The molecule has 2 nitrogen and oxygen atoms in total. The van der Waals surface area contributed by atoms with E-state index in [1.165, 1.54) is 0 Å². The van der Waals surface area contributed by atoms with E-state index >= 15 is 0 Å². The highest BCUT2D eigenvalue weighted by Crippen LogP contribution is 2.46. The van der Waals surface area contributed by atoms with Gasteiger partial charge in [0.1, 0.15) is 5.60 Å². The molecule has 0 saturated carbocycles. The van der Waals surface area contributed by atoms with Gasteiger partial charge in [-0.2, -0.15) is 13.2 Å². The minimum absolute atomic E-state index is 0.241. The molecule has 0 unspecified atom stereocenters. The van der Waals surface area contributed by atoms with Gasteiger partial charge in [0, 0.05) is 5.57 Å². The number of nitrogens with zero attached hydrogens (tertiary/aromatic N) is 1. The van der Waals surface area contributed by atoms with E-state index in [0.29, 0.717) is 12.1 Å². The Labute approximate surface area is 182 Å². The van der Waals surface area contributed by atoms with Crippen LogP contribution in [0.1, 0.15) is 20.8 Å². The predicted octanol–water partition coefficient (Wildman–Crippen LogP) is 6.28. The summed E-state index contributed by atoms with van der Waals surface area (Å²) in [4.78, 5) is 4.45. The molecule has 1 heterocycles. The van der Waals surface area contributed by atoms with Gasteiger partial charge in [-0.1, -0.05) is 73.3 Å². The van der Waals surface area contributed by atoms with E-state index in [4.69, 9.17) is 4.74 Å². The Morgan fingerprint density at radius 1 is 1.03 bits per heavy atom. The van der Waals surface area contributed by atoms with E-state index in [2.05, 4.69) is 11.6 Å². The largest absolute Gasteiger partial charge is 0.469 e. The van der Waals surface area contributed by atoms with Crippen LogP contribution in [0.4, 0.5) is 13.2 Å². The number of rotatable bonds is 6. The predicted molar refractivity (Wildman–Crippen MR) is 124 cm³/mol. The number of aliphatic imine (C=N–C) groups is 1. The van der Waals surface area contributed by atoms with Crippen LogP contribution in [0, 0.1) is 0 Å². The summed E-state index contributed by atoms with van der Waals surface area (Å²) in [6.07, 6.45) is -2.57. The zero-order valence-electron chi connectivity index (χ0n) is 17.8. The average molecular weight is 443 g/mol. The van der Waals surface area contributed by atoms with Crippen LogP contribution in [0.2, 0.25) is 0 Å². The third-order valence-electron chi connectivity index (χ3n) is 4.81. The molecule has 0 atom stereocenters. The lowest BCUT2D eigenvalue weighted by Crippen LogP contribution is -2.25. The fraction of sp³-hybridized carbons (Fsp3) is 0.240. The SMILES string of the molecule is C=C/C(=C\C(C1=NCC(C)(C)O1)=C(/C)P(c1ccccc1)c1ccccc1)C(F)(F)F. The Bertz CT molecular complexity index is 982. The molecule has 0 bridgehead atoms. The molecular formula is C25H25F3NOP. The monoisotopic (exact) mass is 443 g/mol. The molecule has 0 aromatic heterocycles. The van der Waals surface area contributed by atoms with E-state index in [1.807, 2.05) is 81.4 Å². The molecule has 0 saturated heterocycles. The molecule has 3 rings (SSSR count). The fourth-order valence-electron chi connectivity index (χ4n) is 3.27. The minimum atomic E-state index is -4.52. The van der Waals surface area contributed by atoms with Crippen molar-refractivity contribution in [3.05, 3.63) is 95.9 Å². The van der Waals surface area contributed by atoms with E-state index in [1.54, 1.807) is 0 Å². The molecule has 0 fully saturated rings. The number of hydrogen-bond acceptors (Lipinski definition) is 2. The zero-order chi connectivity index (χ0) is 22.6. The highest BCUT2D eigenvalue weighted by atomic mass is 31.1. The van der Waals surface area contributed by atoms with E-state index < -0.39 is 25.3 Å². The Morgan fingerprint density at radius 3 is 1.94 bits per heavy atom.